The lowest BCUT2D eigenvalue weighted by Gasteiger charge is -2.49. The highest BCUT2D eigenvalue weighted by atomic mass is 15.3. The number of anilines is 3. The molecule has 0 aromatic heterocycles. The molecular formula is C14H23N5. The Morgan fingerprint density at radius 2 is 1.74 bits per heavy atom. The first-order valence-corrected chi connectivity index (χ1v) is 6.96. The van der Waals surface area contributed by atoms with E-state index in [0.29, 0.717) is 11.7 Å². The zero-order valence-electron chi connectivity index (χ0n) is 11.5. The van der Waals surface area contributed by atoms with Gasteiger partial charge >= 0.3 is 0 Å². The second kappa shape index (κ2) is 4.90. The average molecular weight is 261 g/mol. The average Bonchev–Trinajstić information content (AvgIpc) is 2.35. The van der Waals surface area contributed by atoms with Crippen molar-refractivity contribution in [3.05, 3.63) is 18.2 Å². The highest BCUT2D eigenvalue weighted by Crippen LogP contribution is 2.32. The van der Waals surface area contributed by atoms with Crippen LogP contribution in [0.1, 0.15) is 0 Å². The smallest absolute Gasteiger partial charge is 0.0785 e. The molecule has 0 atom stereocenters. The van der Waals surface area contributed by atoms with E-state index in [-0.39, 0.29) is 0 Å². The van der Waals surface area contributed by atoms with Crippen LogP contribution in [0.3, 0.4) is 0 Å². The number of hydrogen-bond acceptors (Lipinski definition) is 5. The Bertz CT molecular complexity index is 447. The lowest BCUT2D eigenvalue weighted by atomic mass is 10.0. The van der Waals surface area contributed by atoms with E-state index >= 15 is 0 Å². The molecule has 5 nitrogen and oxygen atoms in total. The van der Waals surface area contributed by atoms with E-state index in [1.165, 1.54) is 26.2 Å². The second-order valence-electron chi connectivity index (χ2n) is 5.68. The van der Waals surface area contributed by atoms with Crippen LogP contribution in [0.15, 0.2) is 18.2 Å². The summed E-state index contributed by atoms with van der Waals surface area (Å²) in [6.07, 6.45) is 0. The van der Waals surface area contributed by atoms with E-state index in [2.05, 4.69) is 27.8 Å². The molecule has 2 saturated heterocycles. The fraction of sp³-hybridized carbons (Fsp3) is 0.571. The van der Waals surface area contributed by atoms with Crippen LogP contribution in [0.25, 0.3) is 0 Å². The number of nitrogens with zero attached hydrogens (tertiary/aromatic N) is 3. The van der Waals surface area contributed by atoms with Crippen LogP contribution in [-0.2, 0) is 0 Å². The third kappa shape index (κ3) is 2.35. The van der Waals surface area contributed by atoms with E-state index in [9.17, 15) is 0 Å². The Labute approximate surface area is 114 Å². The number of nitrogen functional groups attached to an aromatic ring is 2. The molecule has 5 heteroatoms. The van der Waals surface area contributed by atoms with Crippen LogP contribution in [-0.4, -0.2) is 62.2 Å². The van der Waals surface area contributed by atoms with Gasteiger partial charge in [0.25, 0.3) is 0 Å². The van der Waals surface area contributed by atoms with Crippen molar-refractivity contribution in [1.82, 2.24) is 9.80 Å². The van der Waals surface area contributed by atoms with E-state index in [1.807, 2.05) is 12.1 Å². The van der Waals surface area contributed by atoms with Gasteiger partial charge in [0.15, 0.2) is 0 Å². The van der Waals surface area contributed by atoms with Crippen molar-refractivity contribution in [2.24, 2.45) is 0 Å². The highest BCUT2D eigenvalue weighted by molar-refractivity contribution is 5.80. The summed E-state index contributed by atoms with van der Waals surface area (Å²) in [6.45, 7) is 6.85. The van der Waals surface area contributed by atoms with Crippen LogP contribution < -0.4 is 16.4 Å². The Morgan fingerprint density at radius 3 is 2.42 bits per heavy atom. The van der Waals surface area contributed by atoms with Crippen LogP contribution >= 0.6 is 0 Å². The van der Waals surface area contributed by atoms with Crippen LogP contribution in [0, 0.1) is 0 Å². The largest absolute Gasteiger partial charge is 0.397 e. The molecule has 0 bridgehead atoms. The predicted octanol–water partition coefficient (Wildman–Crippen LogP) is 0.287. The first-order chi connectivity index (χ1) is 9.15. The van der Waals surface area contributed by atoms with Gasteiger partial charge in [-0.2, -0.15) is 0 Å². The molecule has 0 spiro atoms. The first kappa shape index (κ1) is 12.6. The third-order valence-electron chi connectivity index (χ3n) is 4.37. The summed E-state index contributed by atoms with van der Waals surface area (Å²) >= 11 is 0. The van der Waals surface area contributed by atoms with Crippen molar-refractivity contribution in [3.63, 3.8) is 0 Å². The van der Waals surface area contributed by atoms with Gasteiger partial charge < -0.3 is 21.3 Å². The molecule has 2 heterocycles. The van der Waals surface area contributed by atoms with Crippen molar-refractivity contribution in [3.8, 4) is 0 Å². The summed E-state index contributed by atoms with van der Waals surface area (Å²) in [4.78, 5) is 7.32. The number of benzene rings is 1. The molecule has 3 rings (SSSR count). The normalized spacial score (nSPS) is 22.5. The summed E-state index contributed by atoms with van der Waals surface area (Å²) in [5.74, 6) is 0. The van der Waals surface area contributed by atoms with Gasteiger partial charge in [-0.25, -0.2) is 0 Å². The molecule has 4 N–H and O–H groups in total. The van der Waals surface area contributed by atoms with Gasteiger partial charge in [0, 0.05) is 45.3 Å². The monoisotopic (exact) mass is 261 g/mol. The highest BCUT2D eigenvalue weighted by Gasteiger charge is 2.33. The Balaban J connectivity index is 1.59. The van der Waals surface area contributed by atoms with Crippen molar-refractivity contribution in [1.29, 1.82) is 0 Å². The number of hydrogen-bond donors (Lipinski definition) is 2. The first-order valence-electron chi connectivity index (χ1n) is 6.96. The van der Waals surface area contributed by atoms with E-state index in [0.717, 1.165) is 24.5 Å². The summed E-state index contributed by atoms with van der Waals surface area (Å²) < 4.78 is 0. The molecule has 104 valence electrons. The lowest BCUT2D eigenvalue weighted by molar-refractivity contribution is 0.0964. The predicted molar refractivity (Wildman–Crippen MR) is 80.3 cm³/mol. The molecule has 19 heavy (non-hydrogen) atoms. The molecule has 0 saturated carbocycles. The van der Waals surface area contributed by atoms with Gasteiger partial charge in [0.1, 0.15) is 0 Å². The summed E-state index contributed by atoms with van der Waals surface area (Å²) in [5, 5.41) is 0. The Kier molecular flexibility index (Phi) is 3.24. The maximum Gasteiger partial charge on any atom is 0.0785 e. The lowest BCUT2D eigenvalue weighted by Crippen LogP contribution is -2.63. The number of rotatable bonds is 2. The Morgan fingerprint density at radius 1 is 1.05 bits per heavy atom. The zero-order chi connectivity index (χ0) is 13.4. The van der Waals surface area contributed by atoms with Gasteiger partial charge in [0.2, 0.25) is 0 Å². The fourth-order valence-electron chi connectivity index (χ4n) is 2.92. The second-order valence-corrected chi connectivity index (χ2v) is 5.68. The number of piperazine rings is 1. The number of likely N-dealkylation sites (N-methyl/N-ethyl adjacent to an activating group) is 1. The van der Waals surface area contributed by atoms with E-state index in [4.69, 9.17) is 11.5 Å². The van der Waals surface area contributed by atoms with E-state index in [1.54, 1.807) is 0 Å². The van der Waals surface area contributed by atoms with Crippen molar-refractivity contribution >= 4 is 17.1 Å². The van der Waals surface area contributed by atoms with Gasteiger partial charge in [-0.3, -0.25) is 4.90 Å². The quantitative estimate of drug-likeness (QED) is 0.749. The van der Waals surface area contributed by atoms with Gasteiger partial charge in [-0.05, 0) is 19.2 Å². The molecule has 0 unspecified atom stereocenters. The SMILES string of the molecule is CN1CCN(C2CN(c3cccc(N)c3N)C2)CC1. The van der Waals surface area contributed by atoms with Crippen LogP contribution in [0.2, 0.25) is 0 Å². The molecule has 2 aliphatic rings. The number of nitrogens with two attached hydrogens (primary N) is 2. The minimum atomic E-state index is 0.675. The molecule has 0 radical (unpaired) electrons. The molecule has 0 aliphatic carbocycles. The molecule has 1 aromatic rings. The molecule has 2 aliphatic heterocycles. The van der Waals surface area contributed by atoms with E-state index < -0.39 is 0 Å². The Hall–Kier alpha value is -1.46. The van der Waals surface area contributed by atoms with Gasteiger partial charge in [0.05, 0.1) is 17.1 Å². The topological polar surface area (TPSA) is 61.8 Å². The minimum absolute atomic E-state index is 0.675. The summed E-state index contributed by atoms with van der Waals surface area (Å²) in [6, 6.07) is 6.57. The van der Waals surface area contributed by atoms with Crippen molar-refractivity contribution < 1.29 is 0 Å². The van der Waals surface area contributed by atoms with Gasteiger partial charge in [-0.15, -0.1) is 0 Å². The molecule has 1 aromatic carbocycles. The van der Waals surface area contributed by atoms with Gasteiger partial charge in [-0.1, -0.05) is 6.07 Å². The van der Waals surface area contributed by atoms with Crippen molar-refractivity contribution in [2.45, 2.75) is 6.04 Å². The summed E-state index contributed by atoms with van der Waals surface area (Å²) in [7, 11) is 2.19. The minimum Gasteiger partial charge on any atom is -0.397 e. The molecule has 2 fully saturated rings. The molecular weight excluding hydrogens is 238 g/mol. The fourth-order valence-corrected chi connectivity index (χ4v) is 2.92. The molecule has 0 amide bonds. The standard InChI is InChI=1S/C14H23N5/c1-17-5-7-18(8-6-17)11-9-19(10-11)13-4-2-3-12(15)14(13)16/h2-4,11H,5-10,15-16H2,1H3. The number of para-hydroxylation sites is 1. The van der Waals surface area contributed by atoms with Crippen LogP contribution in [0.4, 0.5) is 17.1 Å². The maximum atomic E-state index is 6.05. The van der Waals surface area contributed by atoms with Crippen LogP contribution in [0.5, 0.6) is 0 Å². The maximum absolute atomic E-state index is 6.05. The third-order valence-corrected chi connectivity index (χ3v) is 4.37. The van der Waals surface area contributed by atoms with Crippen molar-refractivity contribution in [2.75, 3.05) is 62.7 Å². The zero-order valence-corrected chi connectivity index (χ0v) is 11.5. The summed E-state index contributed by atoms with van der Waals surface area (Å²) in [5.41, 5.74) is 14.4.